The van der Waals surface area contributed by atoms with Crippen LogP contribution in [0.4, 0.5) is 0 Å². The van der Waals surface area contributed by atoms with Gasteiger partial charge < -0.3 is 15.0 Å². The van der Waals surface area contributed by atoms with Crippen molar-refractivity contribution in [2.75, 3.05) is 19.7 Å². The Labute approximate surface area is 200 Å². The van der Waals surface area contributed by atoms with Gasteiger partial charge >= 0.3 is 0 Å². The molecule has 2 aliphatic rings. The summed E-state index contributed by atoms with van der Waals surface area (Å²) >= 11 is 1.43. The standard InChI is InChI=1S/C26H35N3O3S/c1-19(2)15-21-16-32-23-9-4-3-7-20(23)8-5-6-10-26(25(31)28-21)11-13-29(14-12-26)24(30)22-17-33-18-27-22/h3-4,7,9,17-19,21H,5-6,8,10-16H2,1-2H3,(H,28,31)/t21-/m0/s1. The SMILES string of the molecule is CC(C)C[C@H]1COc2ccccc2CCCCC2(CCN(C(=O)c3cscn3)CC2)C(=O)N1. The van der Waals surface area contributed by atoms with Gasteiger partial charge in [0.05, 0.1) is 17.0 Å². The third kappa shape index (κ3) is 5.75. The molecule has 1 spiro atoms. The zero-order valence-electron chi connectivity index (χ0n) is 19.7. The lowest BCUT2D eigenvalue weighted by atomic mass is 9.73. The molecule has 2 amide bonds. The maximum absolute atomic E-state index is 13.7. The van der Waals surface area contributed by atoms with Crippen LogP contribution in [0.1, 0.15) is 68.4 Å². The molecule has 7 heteroatoms. The molecule has 178 valence electrons. The van der Waals surface area contributed by atoms with E-state index in [9.17, 15) is 9.59 Å². The summed E-state index contributed by atoms with van der Waals surface area (Å²) in [5, 5.41) is 5.15. The van der Waals surface area contributed by atoms with E-state index < -0.39 is 5.41 Å². The van der Waals surface area contributed by atoms with Crippen molar-refractivity contribution in [2.24, 2.45) is 11.3 Å². The summed E-state index contributed by atoms with van der Waals surface area (Å²) in [6.45, 7) is 6.02. The van der Waals surface area contributed by atoms with Crippen LogP contribution in [0.15, 0.2) is 35.2 Å². The summed E-state index contributed by atoms with van der Waals surface area (Å²) in [4.78, 5) is 32.5. The van der Waals surface area contributed by atoms with E-state index in [1.54, 1.807) is 10.9 Å². The van der Waals surface area contributed by atoms with Crippen LogP contribution < -0.4 is 10.1 Å². The fraction of sp³-hybridized carbons (Fsp3) is 0.577. The first-order chi connectivity index (χ1) is 16.0. The molecule has 1 aromatic carbocycles. The average molecular weight is 470 g/mol. The fourth-order valence-corrected chi connectivity index (χ4v) is 5.63. The van der Waals surface area contributed by atoms with Crippen LogP contribution in [0.2, 0.25) is 0 Å². The quantitative estimate of drug-likeness (QED) is 0.707. The molecule has 0 bridgehead atoms. The van der Waals surface area contributed by atoms with E-state index in [1.807, 2.05) is 17.0 Å². The van der Waals surface area contributed by atoms with Crippen molar-refractivity contribution in [3.63, 3.8) is 0 Å². The van der Waals surface area contributed by atoms with Gasteiger partial charge in [0.25, 0.3) is 5.91 Å². The number of nitrogens with one attached hydrogen (secondary N) is 1. The second-order valence-corrected chi connectivity index (χ2v) is 10.6. The number of aromatic nitrogens is 1. The first-order valence-electron chi connectivity index (χ1n) is 12.2. The molecule has 1 saturated heterocycles. The lowest BCUT2D eigenvalue weighted by Gasteiger charge is -2.41. The van der Waals surface area contributed by atoms with Gasteiger partial charge in [-0.15, -0.1) is 11.3 Å². The van der Waals surface area contributed by atoms with Crippen molar-refractivity contribution in [1.82, 2.24) is 15.2 Å². The van der Waals surface area contributed by atoms with Crippen molar-refractivity contribution in [2.45, 2.75) is 64.8 Å². The summed E-state index contributed by atoms with van der Waals surface area (Å²) in [6, 6.07) is 8.23. The molecular formula is C26H35N3O3S. The molecule has 4 rings (SSSR count). The molecule has 0 aliphatic carbocycles. The highest BCUT2D eigenvalue weighted by Gasteiger charge is 2.42. The number of carbonyl (C=O) groups is 2. The number of fused-ring (bicyclic) bond motifs is 1. The highest BCUT2D eigenvalue weighted by molar-refractivity contribution is 7.07. The molecule has 0 saturated carbocycles. The fourth-order valence-electron chi connectivity index (χ4n) is 5.11. The monoisotopic (exact) mass is 469 g/mol. The molecular weight excluding hydrogens is 434 g/mol. The van der Waals surface area contributed by atoms with Crippen LogP contribution in [0.5, 0.6) is 5.75 Å². The first kappa shape index (κ1) is 23.7. The summed E-state index contributed by atoms with van der Waals surface area (Å²) < 4.78 is 6.21. The number of piperidine rings is 1. The smallest absolute Gasteiger partial charge is 0.273 e. The summed E-state index contributed by atoms with van der Waals surface area (Å²) in [7, 11) is 0. The first-order valence-corrected chi connectivity index (χ1v) is 13.1. The Morgan fingerprint density at radius 2 is 2.03 bits per heavy atom. The molecule has 1 aromatic heterocycles. The average Bonchev–Trinajstić information content (AvgIpc) is 3.35. The second kappa shape index (κ2) is 10.7. The molecule has 0 radical (unpaired) electrons. The Morgan fingerprint density at radius 1 is 1.24 bits per heavy atom. The number of ether oxygens (including phenoxy) is 1. The number of carbonyl (C=O) groups excluding carboxylic acids is 2. The van der Waals surface area contributed by atoms with Crippen molar-refractivity contribution in [3.05, 3.63) is 46.4 Å². The summed E-state index contributed by atoms with van der Waals surface area (Å²) in [5.41, 5.74) is 3.01. The lowest BCUT2D eigenvalue weighted by molar-refractivity contribution is -0.135. The molecule has 1 fully saturated rings. The van der Waals surface area contributed by atoms with E-state index in [0.29, 0.717) is 44.1 Å². The minimum Gasteiger partial charge on any atom is -0.491 e. The van der Waals surface area contributed by atoms with Crippen LogP contribution in [0, 0.1) is 11.3 Å². The molecule has 0 unspecified atom stereocenters. The molecule has 1 atom stereocenters. The Morgan fingerprint density at radius 3 is 2.76 bits per heavy atom. The topological polar surface area (TPSA) is 71.5 Å². The summed E-state index contributed by atoms with van der Waals surface area (Å²) in [6.07, 6.45) is 6.08. The number of hydrogen-bond acceptors (Lipinski definition) is 5. The van der Waals surface area contributed by atoms with Gasteiger partial charge in [-0.25, -0.2) is 4.98 Å². The van der Waals surface area contributed by atoms with Gasteiger partial charge in [0, 0.05) is 18.5 Å². The van der Waals surface area contributed by atoms with E-state index in [-0.39, 0.29) is 17.9 Å². The third-order valence-corrected chi connectivity index (χ3v) is 7.58. The Hall–Kier alpha value is -2.41. The largest absolute Gasteiger partial charge is 0.491 e. The number of thiazole rings is 1. The third-order valence-electron chi connectivity index (χ3n) is 7.00. The zero-order chi connectivity index (χ0) is 23.3. The Bertz CT molecular complexity index is 936. The number of hydrogen-bond donors (Lipinski definition) is 1. The number of benzene rings is 1. The van der Waals surface area contributed by atoms with E-state index in [0.717, 1.165) is 37.9 Å². The number of likely N-dealkylation sites (tertiary alicyclic amines) is 1. The zero-order valence-corrected chi connectivity index (χ0v) is 20.5. The van der Waals surface area contributed by atoms with Gasteiger partial charge in [-0.2, -0.15) is 0 Å². The van der Waals surface area contributed by atoms with Gasteiger partial charge in [0.15, 0.2) is 0 Å². The van der Waals surface area contributed by atoms with Crippen molar-refractivity contribution < 1.29 is 14.3 Å². The van der Waals surface area contributed by atoms with Crippen molar-refractivity contribution in [1.29, 1.82) is 0 Å². The van der Waals surface area contributed by atoms with E-state index >= 15 is 0 Å². The second-order valence-electron chi connectivity index (χ2n) is 9.87. The Kier molecular flexibility index (Phi) is 7.68. The number of aryl methyl sites for hydroxylation is 1. The molecule has 6 nitrogen and oxygen atoms in total. The van der Waals surface area contributed by atoms with Gasteiger partial charge in [0.2, 0.25) is 5.91 Å². The van der Waals surface area contributed by atoms with Crippen LogP contribution in [0.3, 0.4) is 0 Å². The van der Waals surface area contributed by atoms with Gasteiger partial charge in [-0.1, -0.05) is 38.5 Å². The Balaban J connectivity index is 1.50. The summed E-state index contributed by atoms with van der Waals surface area (Å²) in [5.74, 6) is 1.49. The van der Waals surface area contributed by atoms with Gasteiger partial charge in [0.1, 0.15) is 18.1 Å². The molecule has 3 heterocycles. The minimum atomic E-state index is -0.424. The van der Waals surface area contributed by atoms with Crippen LogP contribution in [-0.4, -0.2) is 47.4 Å². The molecule has 2 aromatic rings. The van der Waals surface area contributed by atoms with Crippen LogP contribution >= 0.6 is 11.3 Å². The maximum atomic E-state index is 13.7. The predicted octanol–water partition coefficient (Wildman–Crippen LogP) is 4.70. The predicted molar refractivity (Wildman–Crippen MR) is 131 cm³/mol. The maximum Gasteiger partial charge on any atom is 0.273 e. The number of rotatable bonds is 3. The van der Waals surface area contributed by atoms with E-state index in [4.69, 9.17) is 4.74 Å². The normalized spacial score (nSPS) is 21.5. The number of para-hydroxylation sites is 1. The lowest BCUT2D eigenvalue weighted by Crippen LogP contribution is -2.53. The van der Waals surface area contributed by atoms with Gasteiger partial charge in [-0.05, 0) is 56.1 Å². The van der Waals surface area contributed by atoms with Crippen molar-refractivity contribution >= 4 is 23.2 Å². The van der Waals surface area contributed by atoms with Crippen LogP contribution in [0.25, 0.3) is 0 Å². The molecule has 2 aliphatic heterocycles. The molecule has 33 heavy (non-hydrogen) atoms. The highest BCUT2D eigenvalue weighted by atomic mass is 32.1. The van der Waals surface area contributed by atoms with E-state index in [2.05, 4.69) is 36.3 Å². The number of nitrogens with zero attached hydrogens (tertiary/aromatic N) is 2. The highest BCUT2D eigenvalue weighted by Crippen LogP contribution is 2.38. The number of amides is 2. The van der Waals surface area contributed by atoms with Crippen LogP contribution in [-0.2, 0) is 11.2 Å². The van der Waals surface area contributed by atoms with Gasteiger partial charge in [-0.3, -0.25) is 9.59 Å². The van der Waals surface area contributed by atoms with Crippen molar-refractivity contribution in [3.8, 4) is 5.75 Å². The van der Waals surface area contributed by atoms with E-state index in [1.165, 1.54) is 16.9 Å². The minimum absolute atomic E-state index is 0.0256. The molecule has 1 N–H and O–H groups in total.